The van der Waals surface area contributed by atoms with Crippen molar-refractivity contribution in [1.29, 1.82) is 0 Å². The molecule has 0 aromatic carbocycles. The predicted octanol–water partition coefficient (Wildman–Crippen LogP) is 2.36. The molecule has 0 aromatic heterocycles. The van der Waals surface area contributed by atoms with Crippen molar-refractivity contribution in [3.8, 4) is 0 Å². The van der Waals surface area contributed by atoms with Gasteiger partial charge in [0.1, 0.15) is 0 Å². The Morgan fingerprint density at radius 2 is 2.25 bits per heavy atom. The van der Waals surface area contributed by atoms with E-state index in [9.17, 15) is 0 Å². The van der Waals surface area contributed by atoms with Gasteiger partial charge in [-0.25, -0.2) is 0 Å². The first-order valence-electron chi connectivity index (χ1n) is 3.46. The van der Waals surface area contributed by atoms with Gasteiger partial charge >= 0.3 is 0 Å². The molecule has 0 amide bonds. The van der Waals surface area contributed by atoms with Crippen molar-refractivity contribution >= 4 is 0 Å². The summed E-state index contributed by atoms with van der Waals surface area (Å²) >= 11 is 0. The van der Waals surface area contributed by atoms with E-state index < -0.39 is 0 Å². The molecule has 0 aromatic rings. The van der Waals surface area contributed by atoms with E-state index in [2.05, 4.69) is 19.1 Å². The number of hydrogen-bond donors (Lipinski definition) is 0. The topological polar surface area (TPSA) is 0 Å². The van der Waals surface area contributed by atoms with Crippen LogP contribution in [0.3, 0.4) is 0 Å². The monoisotopic (exact) mass is 108 g/mol. The highest BCUT2D eigenvalue weighted by molar-refractivity contribution is 5.11. The highest BCUT2D eigenvalue weighted by Crippen LogP contribution is 2.51. The standard InChI is InChI=1S/C8H12/c1-8-4-2-3-7(5-8)6-8/h2,4,7H,3,5-6H2,1H3. The molecule has 0 atom stereocenters. The van der Waals surface area contributed by atoms with Crippen molar-refractivity contribution in [2.75, 3.05) is 0 Å². The molecule has 0 radical (unpaired) electrons. The molecule has 2 bridgehead atoms. The van der Waals surface area contributed by atoms with Gasteiger partial charge in [-0.05, 0) is 30.6 Å². The molecule has 0 aliphatic heterocycles. The van der Waals surface area contributed by atoms with Crippen LogP contribution in [-0.4, -0.2) is 0 Å². The zero-order chi connectivity index (χ0) is 5.61. The van der Waals surface area contributed by atoms with Crippen LogP contribution in [0.1, 0.15) is 26.2 Å². The van der Waals surface area contributed by atoms with E-state index in [-0.39, 0.29) is 0 Å². The largest absolute Gasteiger partial charge is 0.0877 e. The Labute approximate surface area is 50.6 Å². The molecule has 0 spiro atoms. The fourth-order valence-corrected chi connectivity index (χ4v) is 2.11. The van der Waals surface area contributed by atoms with Crippen LogP contribution >= 0.6 is 0 Å². The summed E-state index contributed by atoms with van der Waals surface area (Å²) in [5, 5.41) is 0. The van der Waals surface area contributed by atoms with Gasteiger partial charge in [0.25, 0.3) is 0 Å². The molecule has 0 N–H and O–H groups in total. The van der Waals surface area contributed by atoms with Crippen LogP contribution < -0.4 is 0 Å². The third-order valence-electron chi connectivity index (χ3n) is 2.50. The molecule has 0 heterocycles. The van der Waals surface area contributed by atoms with Gasteiger partial charge in [0.2, 0.25) is 0 Å². The fourth-order valence-electron chi connectivity index (χ4n) is 2.11. The lowest BCUT2D eigenvalue weighted by Gasteiger charge is -2.46. The van der Waals surface area contributed by atoms with Crippen molar-refractivity contribution < 1.29 is 0 Å². The zero-order valence-corrected chi connectivity index (χ0v) is 5.35. The molecule has 44 valence electrons. The molecular formula is C8H12. The Balaban J connectivity index is 2.25. The van der Waals surface area contributed by atoms with Crippen molar-refractivity contribution in [2.45, 2.75) is 26.2 Å². The third-order valence-corrected chi connectivity index (χ3v) is 2.50. The summed E-state index contributed by atoms with van der Waals surface area (Å²) in [7, 11) is 0. The van der Waals surface area contributed by atoms with Crippen LogP contribution in [0.2, 0.25) is 0 Å². The normalized spacial score (nSPS) is 50.9. The highest BCUT2D eigenvalue weighted by atomic mass is 14.4. The first kappa shape index (κ1) is 4.60. The quantitative estimate of drug-likeness (QED) is 0.418. The highest BCUT2D eigenvalue weighted by Gasteiger charge is 2.39. The predicted molar refractivity (Wildman–Crippen MR) is 34.6 cm³/mol. The van der Waals surface area contributed by atoms with Crippen molar-refractivity contribution in [2.24, 2.45) is 11.3 Å². The molecule has 3 aliphatic rings. The minimum absolute atomic E-state index is 0.642. The zero-order valence-electron chi connectivity index (χ0n) is 5.35. The minimum atomic E-state index is 0.642. The van der Waals surface area contributed by atoms with E-state index in [1.165, 1.54) is 19.3 Å². The molecule has 8 heavy (non-hydrogen) atoms. The van der Waals surface area contributed by atoms with Crippen molar-refractivity contribution in [3.63, 3.8) is 0 Å². The number of fused-ring (bicyclic) bond motifs is 1. The van der Waals surface area contributed by atoms with Gasteiger partial charge in [-0.15, -0.1) is 0 Å². The average molecular weight is 108 g/mol. The second-order valence-electron chi connectivity index (χ2n) is 3.57. The number of hydrogen-bond acceptors (Lipinski definition) is 0. The van der Waals surface area contributed by atoms with Crippen LogP contribution in [0, 0.1) is 11.3 Å². The van der Waals surface area contributed by atoms with Gasteiger partial charge in [0, 0.05) is 0 Å². The lowest BCUT2D eigenvalue weighted by Crippen LogP contribution is -2.35. The van der Waals surface area contributed by atoms with Crippen LogP contribution in [0.25, 0.3) is 0 Å². The second kappa shape index (κ2) is 1.18. The summed E-state index contributed by atoms with van der Waals surface area (Å²) in [6.45, 7) is 2.36. The van der Waals surface area contributed by atoms with Gasteiger partial charge < -0.3 is 0 Å². The van der Waals surface area contributed by atoms with E-state index in [0.717, 1.165) is 5.92 Å². The van der Waals surface area contributed by atoms with Gasteiger partial charge in [0.15, 0.2) is 0 Å². The van der Waals surface area contributed by atoms with Crippen molar-refractivity contribution in [3.05, 3.63) is 12.2 Å². The van der Waals surface area contributed by atoms with E-state index in [1.807, 2.05) is 0 Å². The van der Waals surface area contributed by atoms with Gasteiger partial charge in [0.05, 0.1) is 0 Å². The lowest BCUT2D eigenvalue weighted by molar-refractivity contribution is 0.116. The molecule has 0 nitrogen and oxygen atoms in total. The van der Waals surface area contributed by atoms with Crippen LogP contribution in [0.4, 0.5) is 0 Å². The lowest BCUT2D eigenvalue weighted by atomic mass is 9.59. The van der Waals surface area contributed by atoms with Crippen LogP contribution in [0.15, 0.2) is 12.2 Å². The fraction of sp³-hybridized carbons (Fsp3) is 0.750. The maximum absolute atomic E-state index is 2.40. The molecule has 1 fully saturated rings. The first-order chi connectivity index (χ1) is 3.79. The summed E-state index contributed by atoms with van der Waals surface area (Å²) in [5.74, 6) is 1.06. The molecule has 3 aliphatic carbocycles. The smallest absolute Gasteiger partial charge is 0.0141 e. The Hall–Kier alpha value is -0.260. The van der Waals surface area contributed by atoms with E-state index >= 15 is 0 Å². The minimum Gasteiger partial charge on any atom is -0.0877 e. The molecule has 0 saturated heterocycles. The first-order valence-corrected chi connectivity index (χ1v) is 3.46. The van der Waals surface area contributed by atoms with Crippen molar-refractivity contribution in [1.82, 2.24) is 0 Å². The van der Waals surface area contributed by atoms with Gasteiger partial charge in [-0.1, -0.05) is 19.1 Å². The second-order valence-corrected chi connectivity index (χ2v) is 3.57. The summed E-state index contributed by atoms with van der Waals surface area (Å²) in [5.41, 5.74) is 0.642. The van der Waals surface area contributed by atoms with E-state index in [4.69, 9.17) is 0 Å². The van der Waals surface area contributed by atoms with Gasteiger partial charge in [-0.3, -0.25) is 0 Å². The maximum atomic E-state index is 2.40. The Kier molecular flexibility index (Phi) is 0.677. The molecule has 0 unspecified atom stereocenters. The van der Waals surface area contributed by atoms with Crippen LogP contribution in [0.5, 0.6) is 0 Å². The van der Waals surface area contributed by atoms with E-state index in [0.29, 0.717) is 5.41 Å². The van der Waals surface area contributed by atoms with E-state index in [1.54, 1.807) is 0 Å². The van der Waals surface area contributed by atoms with Crippen LogP contribution in [-0.2, 0) is 0 Å². The SMILES string of the molecule is CC12C=CCC(C1)C2. The maximum Gasteiger partial charge on any atom is -0.0141 e. The number of rotatable bonds is 0. The molecule has 3 rings (SSSR count). The molecule has 1 saturated carbocycles. The average Bonchev–Trinajstić information content (AvgIpc) is 1.63. The Bertz CT molecular complexity index is 127. The molecular weight excluding hydrogens is 96.1 g/mol. The summed E-state index contributed by atoms with van der Waals surface area (Å²) in [6, 6.07) is 0. The molecule has 0 heteroatoms. The summed E-state index contributed by atoms with van der Waals surface area (Å²) < 4.78 is 0. The Morgan fingerprint density at radius 3 is 2.50 bits per heavy atom. The van der Waals surface area contributed by atoms with Gasteiger partial charge in [-0.2, -0.15) is 0 Å². The summed E-state index contributed by atoms with van der Waals surface area (Å²) in [6.07, 6.45) is 9.02. The summed E-state index contributed by atoms with van der Waals surface area (Å²) in [4.78, 5) is 0. The Morgan fingerprint density at radius 1 is 1.50 bits per heavy atom. The number of allylic oxidation sites excluding steroid dienone is 2. The third kappa shape index (κ3) is 0.460.